The monoisotopic (exact) mass is 611 g/mol. The quantitative estimate of drug-likeness (QED) is 0.279. The zero-order valence-electron chi connectivity index (χ0n) is 24.0. The lowest BCUT2D eigenvalue weighted by Crippen LogP contribution is -2.54. The summed E-state index contributed by atoms with van der Waals surface area (Å²) in [6.07, 6.45) is 5.46. The van der Waals surface area contributed by atoms with Gasteiger partial charge in [-0.05, 0) is 73.4 Å². The molecule has 0 aromatic heterocycles. The fraction of sp³-hybridized carbons (Fsp3) is 0.375. The molecular weight excluding hydrogens is 574 g/mol. The summed E-state index contributed by atoms with van der Waals surface area (Å²) in [6, 6.07) is 20.9. The van der Waals surface area contributed by atoms with Crippen LogP contribution in [0.4, 0.5) is 5.69 Å². The lowest BCUT2D eigenvalue weighted by molar-refractivity contribution is -0.140. The van der Waals surface area contributed by atoms with Gasteiger partial charge >= 0.3 is 0 Å². The van der Waals surface area contributed by atoms with E-state index in [1.807, 2.05) is 25.1 Å². The third-order valence-electron chi connectivity index (χ3n) is 7.55. The minimum atomic E-state index is -4.15. The molecule has 224 valence electrons. The highest BCUT2D eigenvalue weighted by molar-refractivity contribution is 7.92. The maximum Gasteiger partial charge on any atom is 0.264 e. The Morgan fingerprint density at radius 2 is 1.67 bits per heavy atom. The van der Waals surface area contributed by atoms with Crippen LogP contribution in [0, 0.1) is 0 Å². The minimum absolute atomic E-state index is 0.00461. The number of hydrogen-bond acceptors (Lipinski definition) is 5. The maximum absolute atomic E-state index is 14.2. The van der Waals surface area contributed by atoms with Crippen molar-refractivity contribution in [1.29, 1.82) is 0 Å². The van der Waals surface area contributed by atoms with E-state index in [1.54, 1.807) is 43.5 Å². The predicted molar refractivity (Wildman–Crippen MR) is 165 cm³/mol. The van der Waals surface area contributed by atoms with E-state index in [4.69, 9.17) is 16.3 Å². The molecule has 3 aromatic carbocycles. The van der Waals surface area contributed by atoms with Crippen molar-refractivity contribution in [3.8, 4) is 5.75 Å². The van der Waals surface area contributed by atoms with E-state index in [9.17, 15) is 18.0 Å². The molecule has 4 rings (SSSR count). The summed E-state index contributed by atoms with van der Waals surface area (Å²) in [7, 11) is -2.59. The van der Waals surface area contributed by atoms with Crippen LogP contribution in [0.25, 0.3) is 0 Å². The first kappa shape index (κ1) is 31.4. The van der Waals surface area contributed by atoms with Crippen LogP contribution in [0.3, 0.4) is 0 Å². The molecule has 2 amide bonds. The number of rotatable bonds is 12. The van der Waals surface area contributed by atoms with Crippen LogP contribution in [0.15, 0.2) is 83.8 Å². The zero-order chi connectivity index (χ0) is 30.1. The molecule has 0 aliphatic heterocycles. The number of hydrogen-bond donors (Lipinski definition) is 1. The summed E-state index contributed by atoms with van der Waals surface area (Å²) in [6.45, 7) is 1.47. The highest BCUT2D eigenvalue weighted by atomic mass is 35.5. The summed E-state index contributed by atoms with van der Waals surface area (Å²) in [5, 5.41) is 3.56. The first-order chi connectivity index (χ1) is 20.2. The average Bonchev–Trinajstić information content (AvgIpc) is 3.00. The molecule has 1 unspecified atom stereocenters. The van der Waals surface area contributed by atoms with E-state index in [2.05, 4.69) is 5.32 Å². The number of methoxy groups -OCH3 is 1. The van der Waals surface area contributed by atoms with Crippen molar-refractivity contribution < 1.29 is 22.7 Å². The molecule has 1 atom stereocenters. The van der Waals surface area contributed by atoms with Crippen molar-refractivity contribution in [2.24, 2.45) is 0 Å². The standard InChI is InChI=1S/C32H38ClN3O5S/c1-3-30(32(38)34-26-12-6-4-7-13-26)35(22-24-11-10-16-28(21-24)41-2)31(37)23-36(27-14-8-5-9-15-27)42(39,40)29-19-17-25(33)18-20-29/h5,8-11,14-21,26,30H,3-4,6-7,12-13,22-23H2,1-2H3,(H,34,38). The molecule has 1 aliphatic carbocycles. The molecule has 8 nitrogen and oxygen atoms in total. The molecule has 1 N–H and O–H groups in total. The second-order valence-electron chi connectivity index (χ2n) is 10.4. The van der Waals surface area contributed by atoms with E-state index in [0.717, 1.165) is 42.0 Å². The fourth-order valence-corrected chi connectivity index (χ4v) is 6.83. The Morgan fingerprint density at radius 3 is 2.31 bits per heavy atom. The van der Waals surface area contributed by atoms with Gasteiger partial charge in [0.25, 0.3) is 10.0 Å². The molecule has 0 radical (unpaired) electrons. The van der Waals surface area contributed by atoms with Gasteiger partial charge in [0.05, 0.1) is 17.7 Å². The van der Waals surface area contributed by atoms with Crippen LogP contribution in [-0.4, -0.2) is 50.9 Å². The Morgan fingerprint density at radius 1 is 0.976 bits per heavy atom. The lowest BCUT2D eigenvalue weighted by atomic mass is 9.95. The van der Waals surface area contributed by atoms with Crippen LogP contribution >= 0.6 is 11.6 Å². The SMILES string of the molecule is CCC(C(=O)NC1CCCCC1)N(Cc1cccc(OC)c1)C(=O)CN(c1ccccc1)S(=O)(=O)c1ccc(Cl)cc1. The number of nitrogens with zero attached hydrogens (tertiary/aromatic N) is 2. The molecule has 1 saturated carbocycles. The Bertz CT molecular complexity index is 1440. The summed E-state index contributed by atoms with van der Waals surface area (Å²) >= 11 is 6.02. The summed E-state index contributed by atoms with van der Waals surface area (Å²) in [4.78, 5) is 29.3. The van der Waals surface area contributed by atoms with Crippen molar-refractivity contribution in [1.82, 2.24) is 10.2 Å². The van der Waals surface area contributed by atoms with Gasteiger partial charge in [0.15, 0.2) is 0 Å². The van der Waals surface area contributed by atoms with E-state index in [-0.39, 0.29) is 23.4 Å². The van der Waals surface area contributed by atoms with Crippen LogP contribution in [0.5, 0.6) is 5.75 Å². The molecular formula is C32H38ClN3O5S. The first-order valence-electron chi connectivity index (χ1n) is 14.3. The third-order valence-corrected chi connectivity index (χ3v) is 9.59. The van der Waals surface area contributed by atoms with Gasteiger partial charge in [-0.1, -0.05) is 68.1 Å². The highest BCUT2D eigenvalue weighted by Gasteiger charge is 2.34. The molecule has 0 bridgehead atoms. The van der Waals surface area contributed by atoms with Gasteiger partial charge in [0, 0.05) is 17.6 Å². The highest BCUT2D eigenvalue weighted by Crippen LogP contribution is 2.26. The number of benzene rings is 3. The Kier molecular flexibility index (Phi) is 10.9. The molecule has 10 heteroatoms. The Hall–Kier alpha value is -3.56. The molecule has 0 spiro atoms. The number of amides is 2. The van der Waals surface area contributed by atoms with Crippen LogP contribution in [0.1, 0.15) is 51.0 Å². The van der Waals surface area contributed by atoms with Gasteiger partial charge in [0.1, 0.15) is 18.3 Å². The summed E-state index contributed by atoms with van der Waals surface area (Å²) in [5.74, 6) is -0.104. The lowest BCUT2D eigenvalue weighted by Gasteiger charge is -2.34. The number of carbonyl (C=O) groups excluding carboxylic acids is 2. The van der Waals surface area contributed by atoms with Gasteiger partial charge in [0.2, 0.25) is 11.8 Å². The Balaban J connectivity index is 1.69. The molecule has 42 heavy (non-hydrogen) atoms. The van der Waals surface area contributed by atoms with Gasteiger partial charge in [-0.2, -0.15) is 0 Å². The topological polar surface area (TPSA) is 96.0 Å². The first-order valence-corrected chi connectivity index (χ1v) is 16.1. The van der Waals surface area contributed by atoms with E-state index < -0.39 is 28.5 Å². The molecule has 1 fully saturated rings. The van der Waals surface area contributed by atoms with Gasteiger partial charge in [-0.15, -0.1) is 0 Å². The van der Waals surface area contributed by atoms with Crippen LogP contribution in [0.2, 0.25) is 5.02 Å². The normalized spacial score (nSPS) is 14.5. The third kappa shape index (κ3) is 7.83. The number of sulfonamides is 1. The largest absolute Gasteiger partial charge is 0.497 e. The van der Waals surface area contributed by atoms with Gasteiger partial charge in [-0.25, -0.2) is 8.42 Å². The van der Waals surface area contributed by atoms with Crippen molar-refractivity contribution in [3.63, 3.8) is 0 Å². The molecule has 0 heterocycles. The Labute approximate surface area is 253 Å². The van der Waals surface area contributed by atoms with Crippen molar-refractivity contribution in [2.45, 2.75) is 69.0 Å². The van der Waals surface area contributed by atoms with Gasteiger partial charge < -0.3 is 15.0 Å². The van der Waals surface area contributed by atoms with Gasteiger partial charge in [-0.3, -0.25) is 13.9 Å². The van der Waals surface area contributed by atoms with Crippen molar-refractivity contribution >= 4 is 39.1 Å². The van der Waals surface area contributed by atoms with Crippen molar-refractivity contribution in [2.75, 3.05) is 18.0 Å². The average molecular weight is 612 g/mol. The van der Waals surface area contributed by atoms with Crippen LogP contribution in [-0.2, 0) is 26.2 Å². The second kappa shape index (κ2) is 14.6. The number of halogens is 1. The molecule has 1 aliphatic rings. The minimum Gasteiger partial charge on any atom is -0.497 e. The number of nitrogens with one attached hydrogen (secondary N) is 1. The van der Waals surface area contributed by atoms with E-state index in [0.29, 0.717) is 22.9 Å². The second-order valence-corrected chi connectivity index (χ2v) is 12.7. The van der Waals surface area contributed by atoms with Crippen molar-refractivity contribution in [3.05, 3.63) is 89.4 Å². The fourth-order valence-electron chi connectivity index (χ4n) is 5.29. The number of carbonyl (C=O) groups is 2. The molecule has 0 saturated heterocycles. The van der Waals surface area contributed by atoms with E-state index in [1.165, 1.54) is 29.2 Å². The smallest absolute Gasteiger partial charge is 0.264 e. The van der Waals surface area contributed by atoms with E-state index >= 15 is 0 Å². The maximum atomic E-state index is 14.2. The van der Waals surface area contributed by atoms with Crippen LogP contribution < -0.4 is 14.4 Å². The predicted octanol–water partition coefficient (Wildman–Crippen LogP) is 5.80. The summed E-state index contributed by atoms with van der Waals surface area (Å²) < 4.78 is 34.3. The zero-order valence-corrected chi connectivity index (χ0v) is 25.6. The number of anilines is 1. The number of para-hydroxylation sites is 1. The summed E-state index contributed by atoms with van der Waals surface area (Å²) in [5.41, 5.74) is 1.10. The molecule has 3 aromatic rings. The number of ether oxygens (including phenoxy) is 1.